The van der Waals surface area contributed by atoms with Gasteiger partial charge in [-0.25, -0.2) is 0 Å². The molecule has 33 heavy (non-hydrogen) atoms. The Morgan fingerprint density at radius 1 is 1.00 bits per heavy atom. The van der Waals surface area contributed by atoms with Crippen molar-refractivity contribution >= 4 is 18.7 Å². The van der Waals surface area contributed by atoms with E-state index in [1.54, 1.807) is 18.2 Å². The van der Waals surface area contributed by atoms with Gasteiger partial charge < -0.3 is 19.0 Å². The Morgan fingerprint density at radius 2 is 1.58 bits per heavy atom. The molecule has 0 aromatic heterocycles. The van der Waals surface area contributed by atoms with Crippen LogP contribution in [0.2, 0.25) is 5.04 Å². The maximum absolute atomic E-state index is 11.0. The molecule has 0 fully saturated rings. The summed E-state index contributed by atoms with van der Waals surface area (Å²) in [6, 6.07) is 21.0. The van der Waals surface area contributed by atoms with Crippen molar-refractivity contribution in [3.05, 3.63) is 98.1 Å². The molecule has 2 aromatic carbocycles. The smallest absolute Gasteiger partial charge is 0.261 e. The van der Waals surface area contributed by atoms with Gasteiger partial charge in [0.1, 0.15) is 11.7 Å². The molecular weight excluding hydrogens is 428 g/mol. The van der Waals surface area contributed by atoms with Gasteiger partial charge >= 0.3 is 0 Å². The topological polar surface area (TPSA) is 47.9 Å². The number of ether oxygens (including phenoxy) is 2. The highest BCUT2D eigenvalue weighted by Gasteiger charge is 2.51. The number of hydrogen-bond acceptors (Lipinski definition) is 4. The van der Waals surface area contributed by atoms with Crippen molar-refractivity contribution in [3.8, 4) is 0 Å². The monoisotopic (exact) mass is 464 g/mol. The lowest BCUT2D eigenvalue weighted by Gasteiger charge is -2.44. The van der Waals surface area contributed by atoms with Gasteiger partial charge in [-0.3, -0.25) is 0 Å². The predicted octanol–water partition coefficient (Wildman–Crippen LogP) is 4.35. The lowest BCUT2D eigenvalue weighted by molar-refractivity contribution is -0.239. The average Bonchev–Trinajstić information content (AvgIpc) is 2.80. The van der Waals surface area contributed by atoms with Crippen molar-refractivity contribution in [2.45, 2.75) is 50.2 Å². The first-order valence-electron chi connectivity index (χ1n) is 11.4. The normalized spacial score (nSPS) is 23.3. The summed E-state index contributed by atoms with van der Waals surface area (Å²) in [7, 11) is -2.68. The minimum absolute atomic E-state index is 0.129. The minimum atomic E-state index is -2.68. The van der Waals surface area contributed by atoms with Gasteiger partial charge in [-0.15, -0.1) is 13.2 Å². The van der Waals surface area contributed by atoms with E-state index in [4.69, 9.17) is 13.9 Å². The van der Waals surface area contributed by atoms with Crippen LogP contribution in [0.1, 0.15) is 27.2 Å². The zero-order valence-corrected chi connectivity index (χ0v) is 20.9. The first-order chi connectivity index (χ1) is 15.8. The summed E-state index contributed by atoms with van der Waals surface area (Å²) >= 11 is 0. The lowest BCUT2D eigenvalue weighted by Crippen LogP contribution is -2.67. The van der Waals surface area contributed by atoms with Crippen LogP contribution in [0.4, 0.5) is 0 Å². The second-order valence-electron chi connectivity index (χ2n) is 9.45. The molecule has 176 valence electrons. The summed E-state index contributed by atoms with van der Waals surface area (Å²) in [4.78, 5) is 0. The molecule has 0 bridgehead atoms. The maximum Gasteiger partial charge on any atom is 0.261 e. The van der Waals surface area contributed by atoms with Gasteiger partial charge in [0, 0.05) is 6.42 Å². The van der Waals surface area contributed by atoms with Crippen molar-refractivity contribution in [3.63, 3.8) is 0 Å². The fourth-order valence-corrected chi connectivity index (χ4v) is 9.04. The minimum Gasteiger partial charge on any atom is -0.404 e. The second-order valence-corrected chi connectivity index (χ2v) is 13.8. The molecule has 1 aliphatic rings. The fraction of sp³-hybridized carbons (Fsp3) is 0.357. The molecule has 0 radical (unpaired) electrons. The molecule has 5 heteroatoms. The van der Waals surface area contributed by atoms with Crippen molar-refractivity contribution in [1.29, 1.82) is 0 Å². The molecule has 2 aromatic rings. The molecule has 0 amide bonds. The Labute approximate surface area is 199 Å². The molecule has 1 heterocycles. The van der Waals surface area contributed by atoms with Crippen LogP contribution in [-0.2, 0) is 13.9 Å². The van der Waals surface area contributed by atoms with Crippen molar-refractivity contribution < 1.29 is 19.0 Å². The van der Waals surface area contributed by atoms with Gasteiger partial charge in [0.25, 0.3) is 8.32 Å². The Bertz CT molecular complexity index is 896. The third-order valence-electron chi connectivity index (χ3n) is 6.02. The summed E-state index contributed by atoms with van der Waals surface area (Å²) in [5.41, 5.74) is -1.27. The molecule has 0 spiro atoms. The van der Waals surface area contributed by atoms with E-state index in [1.165, 1.54) is 10.4 Å². The predicted molar refractivity (Wildman–Crippen MR) is 137 cm³/mol. The van der Waals surface area contributed by atoms with E-state index in [0.29, 0.717) is 13.0 Å². The quantitative estimate of drug-likeness (QED) is 0.419. The van der Waals surface area contributed by atoms with Gasteiger partial charge in [-0.1, -0.05) is 99.7 Å². The summed E-state index contributed by atoms with van der Waals surface area (Å²) in [5.74, 6) is 0. The number of aliphatic hydroxyl groups is 1. The van der Waals surface area contributed by atoms with Crippen LogP contribution in [0, 0.1) is 0 Å². The van der Waals surface area contributed by atoms with Crippen molar-refractivity contribution in [2.24, 2.45) is 0 Å². The molecule has 0 unspecified atom stereocenters. The Balaban J connectivity index is 1.95. The third kappa shape index (κ3) is 5.45. The number of hydrogen-bond donors (Lipinski definition) is 1. The van der Waals surface area contributed by atoms with E-state index >= 15 is 0 Å². The van der Waals surface area contributed by atoms with Crippen molar-refractivity contribution in [1.82, 2.24) is 0 Å². The van der Waals surface area contributed by atoms with Crippen LogP contribution in [0.15, 0.2) is 98.1 Å². The number of rotatable bonds is 10. The summed E-state index contributed by atoms with van der Waals surface area (Å²) in [6.45, 7) is 14.8. The van der Waals surface area contributed by atoms with E-state index < -0.39 is 20.2 Å². The molecule has 4 nitrogen and oxygen atoms in total. The summed E-state index contributed by atoms with van der Waals surface area (Å²) in [6.07, 6.45) is 6.08. The highest BCUT2D eigenvalue weighted by Crippen LogP contribution is 2.37. The van der Waals surface area contributed by atoms with E-state index in [2.05, 4.69) is 82.5 Å². The van der Waals surface area contributed by atoms with Crippen LogP contribution in [0.5, 0.6) is 0 Å². The molecule has 3 atom stereocenters. The standard InChI is InChI=1S/C28H36O4Si/c1-6-19-28(29)20-18-23(32-26(28)30-21-7-2)22-31-33(27(3,4)5,24-14-10-8-11-15-24)25-16-12-9-13-17-25/h6-18,20,23,26,29H,1-2,19,21-22H2,3-5H3/t23-,26-,28+/m0/s1. The van der Waals surface area contributed by atoms with Gasteiger partial charge in [0.2, 0.25) is 0 Å². The first-order valence-corrected chi connectivity index (χ1v) is 13.3. The van der Waals surface area contributed by atoms with E-state index in [9.17, 15) is 5.11 Å². The Kier molecular flexibility index (Phi) is 8.27. The van der Waals surface area contributed by atoms with Crippen LogP contribution < -0.4 is 10.4 Å². The van der Waals surface area contributed by atoms with Crippen LogP contribution >= 0.6 is 0 Å². The molecular formula is C28H36O4Si. The lowest BCUT2D eigenvalue weighted by atomic mass is 9.95. The van der Waals surface area contributed by atoms with Crippen molar-refractivity contribution in [2.75, 3.05) is 13.2 Å². The summed E-state index contributed by atoms with van der Waals surface area (Å²) in [5, 5.41) is 13.3. The largest absolute Gasteiger partial charge is 0.404 e. The molecule has 0 saturated heterocycles. The first kappa shape index (κ1) is 25.3. The zero-order chi connectivity index (χ0) is 24.0. The van der Waals surface area contributed by atoms with Crippen LogP contribution in [0.25, 0.3) is 0 Å². The van der Waals surface area contributed by atoms with Crippen LogP contribution in [-0.4, -0.2) is 44.6 Å². The maximum atomic E-state index is 11.0. The highest BCUT2D eigenvalue weighted by atomic mass is 28.4. The molecule has 1 N–H and O–H groups in total. The van der Waals surface area contributed by atoms with Gasteiger partial charge in [0.15, 0.2) is 6.29 Å². The third-order valence-corrected chi connectivity index (χ3v) is 11.0. The van der Waals surface area contributed by atoms with Gasteiger partial charge in [-0.2, -0.15) is 0 Å². The van der Waals surface area contributed by atoms with E-state index in [0.717, 1.165) is 0 Å². The molecule has 3 rings (SSSR count). The second kappa shape index (κ2) is 10.8. The average molecular weight is 465 g/mol. The molecule has 0 aliphatic carbocycles. The molecule has 0 saturated carbocycles. The van der Waals surface area contributed by atoms with Gasteiger partial charge in [0.05, 0.1) is 13.2 Å². The zero-order valence-electron chi connectivity index (χ0n) is 19.9. The molecule has 1 aliphatic heterocycles. The Morgan fingerprint density at radius 3 is 2.06 bits per heavy atom. The van der Waals surface area contributed by atoms with E-state index in [1.807, 2.05) is 18.2 Å². The van der Waals surface area contributed by atoms with E-state index in [-0.39, 0.29) is 17.7 Å². The number of benzene rings is 2. The summed E-state index contributed by atoms with van der Waals surface area (Å²) < 4.78 is 18.9. The SMILES string of the molecule is C=CCO[C@H]1O[C@H](CO[Si](c2ccccc2)(c2ccccc2)C(C)(C)C)C=C[C@]1(O)CC=C. The highest BCUT2D eigenvalue weighted by molar-refractivity contribution is 6.99. The Hall–Kier alpha value is -2.28. The fourth-order valence-electron chi connectivity index (χ4n) is 4.47. The van der Waals surface area contributed by atoms with Crippen LogP contribution in [0.3, 0.4) is 0 Å². The van der Waals surface area contributed by atoms with Gasteiger partial charge in [-0.05, 0) is 21.5 Å².